The number of halogens is 1. The van der Waals surface area contributed by atoms with Crippen molar-refractivity contribution < 1.29 is 17.2 Å². The minimum absolute atomic E-state index is 0.132. The summed E-state index contributed by atoms with van der Waals surface area (Å²) in [5.41, 5.74) is 1.80. The topological polar surface area (TPSA) is 108 Å². The quantitative estimate of drug-likeness (QED) is 0.718. The Labute approximate surface area is 176 Å². The fourth-order valence-corrected chi connectivity index (χ4v) is 5.74. The number of benzene rings is 1. The number of piperidine rings is 1. The first-order valence-corrected chi connectivity index (χ1v) is 11.4. The van der Waals surface area contributed by atoms with Crippen LogP contribution in [0, 0.1) is 25.1 Å². The molecular weight excluding hydrogens is 411 g/mol. The predicted molar refractivity (Wildman–Crippen MR) is 111 cm³/mol. The van der Waals surface area contributed by atoms with Gasteiger partial charge in [-0.2, -0.15) is 17.4 Å². The standard InChI is InChI=1S/C20H29FN4O4S/c1-12-7-8-15(21)16(13(12)2)14(3)17(18-22-23-19(26)29-18)24-30(27,28)25-10-6-9-20(4,5)11-25/h7-8,14,17,24H,6,9-11H2,1-5H3,(H,23,26)/t14-,17-/m0/s1. The SMILES string of the molecule is Cc1ccc(F)c([C@H](C)[C@H](NS(=O)(=O)N2CCCC(C)(C)C2)c2n[nH]c(=O)o2)c1C. The molecule has 0 aliphatic carbocycles. The van der Waals surface area contributed by atoms with Crippen molar-refractivity contribution in [2.75, 3.05) is 13.1 Å². The summed E-state index contributed by atoms with van der Waals surface area (Å²) in [6.07, 6.45) is 1.68. The van der Waals surface area contributed by atoms with Crippen LogP contribution in [0.15, 0.2) is 21.3 Å². The van der Waals surface area contributed by atoms with E-state index in [2.05, 4.69) is 14.9 Å². The molecule has 2 N–H and O–H groups in total. The van der Waals surface area contributed by atoms with E-state index in [4.69, 9.17) is 4.42 Å². The molecule has 10 heteroatoms. The number of aromatic nitrogens is 2. The van der Waals surface area contributed by atoms with Crippen molar-refractivity contribution in [1.82, 2.24) is 19.2 Å². The van der Waals surface area contributed by atoms with E-state index < -0.39 is 33.7 Å². The van der Waals surface area contributed by atoms with E-state index in [9.17, 15) is 17.6 Å². The fourth-order valence-electron chi connectivity index (χ4n) is 4.08. The van der Waals surface area contributed by atoms with Gasteiger partial charge in [-0.25, -0.2) is 14.3 Å². The first-order chi connectivity index (χ1) is 13.9. The number of hydrogen-bond donors (Lipinski definition) is 2. The van der Waals surface area contributed by atoms with Crippen LogP contribution in [0.4, 0.5) is 4.39 Å². The zero-order valence-corrected chi connectivity index (χ0v) is 18.8. The highest BCUT2D eigenvalue weighted by molar-refractivity contribution is 7.87. The van der Waals surface area contributed by atoms with E-state index in [1.165, 1.54) is 10.4 Å². The number of rotatable bonds is 6. The van der Waals surface area contributed by atoms with Gasteiger partial charge >= 0.3 is 5.76 Å². The Morgan fingerprint density at radius 2 is 2.03 bits per heavy atom. The van der Waals surface area contributed by atoms with Gasteiger partial charge in [0, 0.05) is 19.0 Å². The van der Waals surface area contributed by atoms with Gasteiger partial charge in [-0.3, -0.25) is 0 Å². The smallest absolute Gasteiger partial charge is 0.391 e. The summed E-state index contributed by atoms with van der Waals surface area (Å²) in [4.78, 5) is 11.5. The van der Waals surface area contributed by atoms with Crippen molar-refractivity contribution in [3.8, 4) is 0 Å². The number of hydrogen-bond acceptors (Lipinski definition) is 5. The maximum Gasteiger partial charge on any atom is 0.434 e. The van der Waals surface area contributed by atoms with Crippen molar-refractivity contribution in [3.63, 3.8) is 0 Å². The van der Waals surface area contributed by atoms with E-state index in [1.807, 2.05) is 20.8 Å². The molecule has 1 aromatic heterocycles. The van der Waals surface area contributed by atoms with Gasteiger partial charge in [-0.1, -0.05) is 26.8 Å². The zero-order chi connectivity index (χ0) is 22.3. The van der Waals surface area contributed by atoms with Crippen molar-refractivity contribution in [3.05, 3.63) is 51.1 Å². The summed E-state index contributed by atoms with van der Waals surface area (Å²) >= 11 is 0. The number of nitrogens with one attached hydrogen (secondary N) is 2. The summed E-state index contributed by atoms with van der Waals surface area (Å²) in [5, 5.41) is 5.99. The van der Waals surface area contributed by atoms with Crippen LogP contribution in [0.1, 0.15) is 68.2 Å². The molecule has 2 aromatic rings. The number of aryl methyl sites for hydroxylation is 1. The van der Waals surface area contributed by atoms with Gasteiger partial charge < -0.3 is 4.42 Å². The molecule has 2 heterocycles. The Morgan fingerprint density at radius 3 is 2.63 bits per heavy atom. The number of H-pyrrole nitrogens is 1. The Bertz CT molecular complexity index is 1080. The van der Waals surface area contributed by atoms with Crippen LogP contribution in [0.25, 0.3) is 0 Å². The highest BCUT2D eigenvalue weighted by atomic mass is 32.2. The van der Waals surface area contributed by atoms with Gasteiger partial charge in [0.2, 0.25) is 5.89 Å². The van der Waals surface area contributed by atoms with Crippen molar-refractivity contribution in [1.29, 1.82) is 0 Å². The lowest BCUT2D eigenvalue weighted by Crippen LogP contribution is -2.49. The Hall–Kier alpha value is -2.04. The fraction of sp³-hybridized carbons (Fsp3) is 0.600. The van der Waals surface area contributed by atoms with Crippen LogP contribution < -0.4 is 10.5 Å². The second kappa shape index (κ2) is 8.24. The molecule has 3 rings (SSSR count). The third-order valence-electron chi connectivity index (χ3n) is 5.89. The molecule has 1 saturated heterocycles. The Kier molecular flexibility index (Phi) is 6.22. The molecule has 0 bridgehead atoms. The molecule has 0 amide bonds. The first-order valence-electron chi connectivity index (χ1n) is 10.00. The molecule has 1 aromatic carbocycles. The van der Waals surface area contributed by atoms with E-state index in [0.29, 0.717) is 24.2 Å². The lowest BCUT2D eigenvalue weighted by Gasteiger charge is -2.38. The Balaban J connectivity index is 2.00. The van der Waals surface area contributed by atoms with Crippen LogP contribution in [0.2, 0.25) is 0 Å². The Morgan fingerprint density at radius 1 is 1.33 bits per heavy atom. The van der Waals surface area contributed by atoms with Crippen molar-refractivity contribution in [2.45, 2.75) is 59.4 Å². The maximum atomic E-state index is 14.7. The van der Waals surface area contributed by atoms with Gasteiger partial charge in [0.25, 0.3) is 10.2 Å². The molecule has 0 unspecified atom stereocenters. The first kappa shape index (κ1) is 22.6. The van der Waals surface area contributed by atoms with Crippen molar-refractivity contribution in [2.24, 2.45) is 5.41 Å². The monoisotopic (exact) mass is 440 g/mol. The molecule has 166 valence electrons. The molecular formula is C20H29FN4O4S. The lowest BCUT2D eigenvalue weighted by atomic mass is 9.85. The van der Waals surface area contributed by atoms with E-state index in [1.54, 1.807) is 19.9 Å². The molecule has 0 spiro atoms. The van der Waals surface area contributed by atoms with Gasteiger partial charge in [-0.15, -0.1) is 5.10 Å². The number of nitrogens with zero attached hydrogens (tertiary/aromatic N) is 2. The molecule has 8 nitrogen and oxygen atoms in total. The van der Waals surface area contributed by atoms with Crippen LogP contribution in [-0.4, -0.2) is 36.0 Å². The van der Waals surface area contributed by atoms with E-state index >= 15 is 0 Å². The third kappa shape index (κ3) is 4.65. The summed E-state index contributed by atoms with van der Waals surface area (Å²) in [7, 11) is -3.94. The number of aromatic amines is 1. The average molecular weight is 441 g/mol. The van der Waals surface area contributed by atoms with Crippen LogP contribution in [0.5, 0.6) is 0 Å². The summed E-state index contributed by atoms with van der Waals surface area (Å²) in [5.74, 6) is -2.06. The average Bonchev–Trinajstić information content (AvgIpc) is 3.08. The van der Waals surface area contributed by atoms with Crippen LogP contribution in [0.3, 0.4) is 0 Å². The van der Waals surface area contributed by atoms with Crippen LogP contribution in [-0.2, 0) is 10.2 Å². The molecule has 30 heavy (non-hydrogen) atoms. The second-order valence-electron chi connectivity index (χ2n) is 8.84. The molecule has 2 atom stereocenters. The molecule has 1 aliphatic heterocycles. The predicted octanol–water partition coefficient (Wildman–Crippen LogP) is 2.92. The van der Waals surface area contributed by atoms with Crippen LogP contribution >= 0.6 is 0 Å². The lowest BCUT2D eigenvalue weighted by molar-refractivity contribution is 0.184. The highest BCUT2D eigenvalue weighted by Gasteiger charge is 2.38. The summed E-state index contributed by atoms with van der Waals surface area (Å²) in [6.45, 7) is 10.1. The van der Waals surface area contributed by atoms with Gasteiger partial charge in [0.15, 0.2) is 0 Å². The molecule has 0 radical (unpaired) electrons. The maximum absolute atomic E-state index is 14.7. The second-order valence-corrected chi connectivity index (χ2v) is 10.5. The minimum Gasteiger partial charge on any atom is -0.391 e. The van der Waals surface area contributed by atoms with E-state index in [-0.39, 0.29) is 11.3 Å². The highest BCUT2D eigenvalue weighted by Crippen LogP contribution is 2.36. The summed E-state index contributed by atoms with van der Waals surface area (Å²) in [6, 6.07) is 1.96. The van der Waals surface area contributed by atoms with Gasteiger partial charge in [0.05, 0.1) is 0 Å². The van der Waals surface area contributed by atoms with Gasteiger partial charge in [-0.05, 0) is 54.9 Å². The minimum atomic E-state index is -3.94. The van der Waals surface area contributed by atoms with E-state index in [0.717, 1.165) is 18.4 Å². The zero-order valence-electron chi connectivity index (χ0n) is 18.0. The third-order valence-corrected chi connectivity index (χ3v) is 7.43. The molecule has 1 fully saturated rings. The molecule has 1 aliphatic rings. The normalized spacial score (nSPS) is 19.5. The van der Waals surface area contributed by atoms with Gasteiger partial charge in [0.1, 0.15) is 11.9 Å². The molecule has 0 saturated carbocycles. The largest absolute Gasteiger partial charge is 0.434 e. The summed E-state index contributed by atoms with van der Waals surface area (Å²) < 4.78 is 50.2. The van der Waals surface area contributed by atoms with Crippen molar-refractivity contribution >= 4 is 10.2 Å².